The quantitative estimate of drug-likeness (QED) is 0.786. The minimum absolute atomic E-state index is 0.0877. The molecule has 1 spiro atoms. The van der Waals surface area contributed by atoms with Crippen LogP contribution in [0.3, 0.4) is 0 Å². The molecule has 3 heterocycles. The highest BCUT2D eigenvalue weighted by atomic mass is 16.5. The van der Waals surface area contributed by atoms with Crippen LogP contribution in [0.15, 0.2) is 6.07 Å². The van der Waals surface area contributed by atoms with Gasteiger partial charge >= 0.3 is 12.0 Å². The zero-order chi connectivity index (χ0) is 16.8. The maximum Gasteiger partial charge on any atom is 0.339 e. The Morgan fingerprint density at radius 1 is 1.52 bits per heavy atom. The Balaban J connectivity index is 1.88. The Morgan fingerprint density at radius 2 is 2.22 bits per heavy atom. The number of pyridine rings is 1. The van der Waals surface area contributed by atoms with Crippen LogP contribution in [0.25, 0.3) is 0 Å². The second-order valence-corrected chi connectivity index (χ2v) is 5.89. The summed E-state index contributed by atoms with van der Waals surface area (Å²) in [7, 11) is 3.06. The number of carbonyl (C=O) groups excluding carboxylic acids is 2. The fourth-order valence-electron chi connectivity index (χ4n) is 3.06. The van der Waals surface area contributed by atoms with Crippen molar-refractivity contribution in [2.45, 2.75) is 12.5 Å². The number of nitrogens with one attached hydrogen (secondary N) is 1. The van der Waals surface area contributed by atoms with Crippen LogP contribution in [-0.4, -0.2) is 61.2 Å². The Kier molecular flexibility index (Phi) is 3.36. The number of nitrogens with zero attached hydrogens (tertiary/aromatic N) is 4. The molecule has 0 bridgehead atoms. The number of aryl methyl sites for hydroxylation is 1. The van der Waals surface area contributed by atoms with Gasteiger partial charge in [-0.25, -0.2) is 14.6 Å². The highest BCUT2D eigenvalue weighted by Gasteiger charge is 2.52. The average Bonchev–Trinajstić information content (AvgIpc) is 2.81. The van der Waals surface area contributed by atoms with E-state index in [-0.39, 0.29) is 17.1 Å². The summed E-state index contributed by atoms with van der Waals surface area (Å²) in [6.07, 6.45) is 0. The Labute approximate surface area is 133 Å². The molecular weight excluding hydrogens is 298 g/mol. The minimum Gasteiger partial charge on any atom is -0.465 e. The van der Waals surface area contributed by atoms with Gasteiger partial charge in [-0.05, 0) is 13.0 Å². The SMILES string of the molecule is COC(=O)c1cc(C#N)c(N2CC3(CNC(=O)N3C)C2)nc1C. The number of amides is 2. The molecular formula is C15H17N5O3. The Morgan fingerprint density at radius 3 is 2.74 bits per heavy atom. The normalized spacial score (nSPS) is 18.4. The van der Waals surface area contributed by atoms with E-state index in [4.69, 9.17) is 4.74 Å². The molecule has 0 aliphatic carbocycles. The van der Waals surface area contributed by atoms with Crippen LogP contribution in [0, 0.1) is 18.3 Å². The number of rotatable bonds is 2. The zero-order valence-electron chi connectivity index (χ0n) is 13.2. The number of anilines is 1. The molecule has 1 N–H and O–H groups in total. The number of nitriles is 1. The van der Waals surface area contributed by atoms with Crippen molar-refractivity contribution in [3.8, 4) is 6.07 Å². The van der Waals surface area contributed by atoms with E-state index in [1.807, 2.05) is 4.90 Å². The maximum absolute atomic E-state index is 11.7. The third-order valence-corrected chi connectivity index (χ3v) is 4.57. The first-order chi connectivity index (χ1) is 10.9. The molecule has 2 aliphatic heterocycles. The van der Waals surface area contributed by atoms with Crippen molar-refractivity contribution in [1.29, 1.82) is 5.26 Å². The molecule has 2 aliphatic rings. The van der Waals surface area contributed by atoms with Crippen LogP contribution in [0.4, 0.5) is 10.6 Å². The first-order valence-corrected chi connectivity index (χ1v) is 7.18. The molecule has 3 rings (SSSR count). The molecule has 0 unspecified atom stereocenters. The molecule has 120 valence electrons. The molecule has 0 saturated carbocycles. The van der Waals surface area contributed by atoms with Gasteiger partial charge in [0, 0.05) is 26.7 Å². The fraction of sp³-hybridized carbons (Fsp3) is 0.467. The van der Waals surface area contributed by atoms with Crippen LogP contribution in [0.2, 0.25) is 0 Å². The van der Waals surface area contributed by atoms with Gasteiger partial charge in [-0.1, -0.05) is 0 Å². The van der Waals surface area contributed by atoms with Gasteiger partial charge in [0.25, 0.3) is 0 Å². The van der Waals surface area contributed by atoms with Crippen molar-refractivity contribution < 1.29 is 14.3 Å². The number of esters is 1. The molecule has 1 aromatic rings. The number of urea groups is 1. The molecule has 2 saturated heterocycles. The molecule has 8 heteroatoms. The molecule has 2 amide bonds. The van der Waals surface area contributed by atoms with Crippen molar-refractivity contribution in [2.75, 3.05) is 38.7 Å². The van der Waals surface area contributed by atoms with Gasteiger partial charge in [0.15, 0.2) is 0 Å². The van der Waals surface area contributed by atoms with Crippen molar-refractivity contribution in [3.63, 3.8) is 0 Å². The third-order valence-electron chi connectivity index (χ3n) is 4.57. The Bertz CT molecular complexity index is 733. The van der Waals surface area contributed by atoms with Crippen LogP contribution >= 0.6 is 0 Å². The fourth-order valence-corrected chi connectivity index (χ4v) is 3.06. The van der Waals surface area contributed by atoms with Gasteiger partial charge in [0.1, 0.15) is 11.9 Å². The second-order valence-electron chi connectivity index (χ2n) is 5.89. The number of carbonyl (C=O) groups is 2. The first-order valence-electron chi connectivity index (χ1n) is 7.18. The van der Waals surface area contributed by atoms with Gasteiger partial charge in [-0.15, -0.1) is 0 Å². The lowest BCUT2D eigenvalue weighted by Crippen LogP contribution is -2.69. The molecule has 8 nitrogen and oxygen atoms in total. The number of likely N-dealkylation sites (N-methyl/N-ethyl adjacent to an activating group) is 1. The summed E-state index contributed by atoms with van der Waals surface area (Å²) in [5.74, 6) is 0.0273. The standard InChI is InChI=1S/C15H17N5O3/c1-9-11(13(21)23-3)4-10(5-16)12(18-9)20-7-15(8-20)6-17-14(22)19(15)2/h4H,6-8H2,1-3H3,(H,17,22). The lowest BCUT2D eigenvalue weighted by atomic mass is 9.89. The van der Waals surface area contributed by atoms with Crippen LogP contribution in [0.5, 0.6) is 0 Å². The number of aromatic nitrogens is 1. The van der Waals surface area contributed by atoms with Crippen LogP contribution in [-0.2, 0) is 4.74 Å². The summed E-state index contributed by atoms with van der Waals surface area (Å²) in [6, 6.07) is 3.50. The second kappa shape index (κ2) is 5.12. The molecule has 2 fully saturated rings. The molecule has 0 aromatic carbocycles. The van der Waals surface area contributed by atoms with E-state index >= 15 is 0 Å². The van der Waals surface area contributed by atoms with Crippen molar-refractivity contribution in [1.82, 2.24) is 15.2 Å². The smallest absolute Gasteiger partial charge is 0.339 e. The first kappa shape index (κ1) is 15.1. The predicted octanol–water partition coefficient (Wildman–Crippen LogP) is 0.262. The van der Waals surface area contributed by atoms with E-state index in [0.717, 1.165) is 0 Å². The van der Waals surface area contributed by atoms with Gasteiger partial charge in [0.2, 0.25) is 0 Å². The maximum atomic E-state index is 11.7. The molecule has 1 aromatic heterocycles. The molecule has 0 radical (unpaired) electrons. The summed E-state index contributed by atoms with van der Waals surface area (Å²) >= 11 is 0. The van der Waals surface area contributed by atoms with E-state index in [1.54, 1.807) is 18.9 Å². The number of methoxy groups -OCH3 is 1. The average molecular weight is 315 g/mol. The van der Waals surface area contributed by atoms with E-state index < -0.39 is 5.97 Å². The lowest BCUT2D eigenvalue weighted by molar-refractivity contribution is 0.0599. The van der Waals surface area contributed by atoms with E-state index in [1.165, 1.54) is 13.2 Å². The van der Waals surface area contributed by atoms with Gasteiger partial charge < -0.3 is 19.9 Å². The Hall–Kier alpha value is -2.82. The van der Waals surface area contributed by atoms with Crippen molar-refractivity contribution in [2.24, 2.45) is 0 Å². The highest BCUT2D eigenvalue weighted by Crippen LogP contribution is 2.35. The summed E-state index contributed by atoms with van der Waals surface area (Å²) < 4.78 is 4.70. The number of hydrogen-bond acceptors (Lipinski definition) is 6. The predicted molar refractivity (Wildman–Crippen MR) is 81.1 cm³/mol. The highest BCUT2D eigenvalue weighted by molar-refractivity contribution is 5.91. The number of ether oxygens (including phenoxy) is 1. The molecule has 23 heavy (non-hydrogen) atoms. The van der Waals surface area contributed by atoms with Crippen LogP contribution in [0.1, 0.15) is 21.6 Å². The topological polar surface area (TPSA) is 98.6 Å². The summed E-state index contributed by atoms with van der Waals surface area (Å²) in [5.41, 5.74) is 0.880. The largest absolute Gasteiger partial charge is 0.465 e. The summed E-state index contributed by atoms with van der Waals surface area (Å²) in [6.45, 7) is 3.49. The monoisotopic (exact) mass is 315 g/mol. The summed E-state index contributed by atoms with van der Waals surface area (Å²) in [5, 5.41) is 12.2. The lowest BCUT2D eigenvalue weighted by Gasteiger charge is -2.51. The number of hydrogen-bond donors (Lipinski definition) is 1. The summed E-state index contributed by atoms with van der Waals surface area (Å²) in [4.78, 5) is 31.4. The zero-order valence-corrected chi connectivity index (χ0v) is 13.2. The van der Waals surface area contributed by atoms with Gasteiger partial charge in [-0.2, -0.15) is 5.26 Å². The van der Waals surface area contributed by atoms with E-state index in [9.17, 15) is 14.9 Å². The van der Waals surface area contributed by atoms with Crippen LogP contribution < -0.4 is 10.2 Å². The third kappa shape index (κ3) is 2.16. The molecule has 0 atom stereocenters. The van der Waals surface area contributed by atoms with Crippen molar-refractivity contribution >= 4 is 17.8 Å². The van der Waals surface area contributed by atoms with Gasteiger partial charge in [-0.3, -0.25) is 0 Å². The van der Waals surface area contributed by atoms with Gasteiger partial charge in [0.05, 0.1) is 29.5 Å². The van der Waals surface area contributed by atoms with E-state index in [0.29, 0.717) is 36.7 Å². The van der Waals surface area contributed by atoms with E-state index in [2.05, 4.69) is 16.4 Å². The minimum atomic E-state index is -0.511. The van der Waals surface area contributed by atoms with Crippen molar-refractivity contribution in [3.05, 3.63) is 22.9 Å².